The summed E-state index contributed by atoms with van der Waals surface area (Å²) in [6.45, 7) is 15.0. The lowest BCUT2D eigenvalue weighted by molar-refractivity contribution is 0.0558. The van der Waals surface area contributed by atoms with Gasteiger partial charge in [0.15, 0.2) is 0 Å². The van der Waals surface area contributed by atoms with Gasteiger partial charge in [0.2, 0.25) is 0 Å². The normalized spacial score (nSPS) is 28.4. The molecular formula is C14H29N3. The van der Waals surface area contributed by atoms with Gasteiger partial charge in [0.05, 0.1) is 0 Å². The first-order valence-electron chi connectivity index (χ1n) is 7.24. The van der Waals surface area contributed by atoms with Crippen molar-refractivity contribution >= 4 is 0 Å². The average Bonchev–Trinajstić information content (AvgIpc) is 2.33. The molecule has 0 atom stereocenters. The van der Waals surface area contributed by atoms with E-state index in [-0.39, 0.29) is 0 Å². The van der Waals surface area contributed by atoms with Crippen LogP contribution in [0.25, 0.3) is 0 Å². The Kier molecular flexibility index (Phi) is 4.45. The fourth-order valence-electron chi connectivity index (χ4n) is 3.11. The number of rotatable bonds is 3. The van der Waals surface area contributed by atoms with Gasteiger partial charge < -0.3 is 14.7 Å². The minimum Gasteiger partial charge on any atom is -0.304 e. The third kappa shape index (κ3) is 3.67. The highest BCUT2D eigenvalue weighted by molar-refractivity contribution is 4.86. The Hall–Kier alpha value is -0.120. The van der Waals surface area contributed by atoms with E-state index in [1.807, 2.05) is 0 Å². The van der Waals surface area contributed by atoms with Crippen LogP contribution in [0.4, 0.5) is 0 Å². The summed E-state index contributed by atoms with van der Waals surface area (Å²) in [5, 5.41) is 0. The van der Waals surface area contributed by atoms with Crippen molar-refractivity contribution in [2.45, 2.75) is 26.7 Å². The summed E-state index contributed by atoms with van der Waals surface area (Å²) in [6.07, 6.45) is 2.76. The summed E-state index contributed by atoms with van der Waals surface area (Å²) in [7, 11) is 2.23. The van der Waals surface area contributed by atoms with E-state index in [4.69, 9.17) is 0 Å². The second kappa shape index (κ2) is 5.68. The Bertz CT molecular complexity index is 226. The smallest absolute Gasteiger partial charge is 0.0110 e. The molecule has 2 heterocycles. The molecule has 0 aromatic rings. The highest BCUT2D eigenvalue weighted by Crippen LogP contribution is 2.31. The molecule has 0 N–H and O–H groups in total. The summed E-state index contributed by atoms with van der Waals surface area (Å²) < 4.78 is 0. The molecule has 0 saturated carbocycles. The van der Waals surface area contributed by atoms with Crippen LogP contribution in [0.5, 0.6) is 0 Å². The molecule has 3 nitrogen and oxygen atoms in total. The molecule has 100 valence electrons. The maximum atomic E-state index is 2.68. The maximum Gasteiger partial charge on any atom is 0.0110 e. The summed E-state index contributed by atoms with van der Waals surface area (Å²) in [5.74, 6) is 0. The lowest BCUT2D eigenvalue weighted by Crippen LogP contribution is -2.50. The number of nitrogens with zero attached hydrogens (tertiary/aromatic N) is 3. The van der Waals surface area contributed by atoms with Gasteiger partial charge in [0.25, 0.3) is 0 Å². The van der Waals surface area contributed by atoms with Gasteiger partial charge in [-0.3, -0.25) is 0 Å². The standard InChI is InChI=1S/C14H29N3/c1-4-16-7-5-14(2,6-8-16)13-17-11-9-15(3)10-12-17/h4-13H2,1-3H3. The number of hydrogen-bond acceptors (Lipinski definition) is 3. The quantitative estimate of drug-likeness (QED) is 0.736. The first-order valence-corrected chi connectivity index (χ1v) is 7.24. The first-order chi connectivity index (χ1) is 8.11. The molecule has 0 unspecified atom stereocenters. The Morgan fingerprint density at radius 2 is 1.47 bits per heavy atom. The number of likely N-dealkylation sites (N-methyl/N-ethyl adjacent to an activating group) is 1. The van der Waals surface area contributed by atoms with E-state index in [0.717, 1.165) is 0 Å². The van der Waals surface area contributed by atoms with Crippen molar-refractivity contribution in [2.75, 3.05) is 59.4 Å². The van der Waals surface area contributed by atoms with Crippen molar-refractivity contribution in [2.24, 2.45) is 5.41 Å². The van der Waals surface area contributed by atoms with Gasteiger partial charge in [-0.25, -0.2) is 0 Å². The molecule has 2 rings (SSSR count). The summed E-state index contributed by atoms with van der Waals surface area (Å²) in [4.78, 5) is 7.71. The maximum absolute atomic E-state index is 2.68. The average molecular weight is 239 g/mol. The molecule has 0 aliphatic carbocycles. The molecule has 0 radical (unpaired) electrons. The topological polar surface area (TPSA) is 9.72 Å². The number of likely N-dealkylation sites (tertiary alicyclic amines) is 1. The lowest BCUT2D eigenvalue weighted by atomic mass is 9.79. The Morgan fingerprint density at radius 1 is 0.882 bits per heavy atom. The van der Waals surface area contributed by atoms with Gasteiger partial charge in [-0.1, -0.05) is 13.8 Å². The van der Waals surface area contributed by atoms with E-state index < -0.39 is 0 Å². The van der Waals surface area contributed by atoms with Crippen LogP contribution in [0.3, 0.4) is 0 Å². The van der Waals surface area contributed by atoms with Gasteiger partial charge in [0, 0.05) is 32.7 Å². The van der Waals surface area contributed by atoms with Crippen molar-refractivity contribution in [3.63, 3.8) is 0 Å². The molecule has 0 spiro atoms. The summed E-state index contributed by atoms with van der Waals surface area (Å²) >= 11 is 0. The second-order valence-electron chi connectivity index (χ2n) is 6.32. The van der Waals surface area contributed by atoms with Gasteiger partial charge in [-0.05, 0) is 44.9 Å². The molecule has 0 aromatic heterocycles. The zero-order chi connectivity index (χ0) is 12.3. The van der Waals surface area contributed by atoms with Crippen molar-refractivity contribution in [1.82, 2.24) is 14.7 Å². The van der Waals surface area contributed by atoms with E-state index in [2.05, 4.69) is 35.6 Å². The zero-order valence-corrected chi connectivity index (χ0v) is 11.9. The van der Waals surface area contributed by atoms with E-state index in [1.54, 1.807) is 0 Å². The van der Waals surface area contributed by atoms with Crippen molar-refractivity contribution in [3.8, 4) is 0 Å². The van der Waals surface area contributed by atoms with Crippen LogP contribution in [0.2, 0.25) is 0 Å². The minimum atomic E-state index is 0.571. The molecule has 0 aromatic carbocycles. The first kappa shape index (κ1) is 13.3. The summed E-state index contributed by atoms with van der Waals surface area (Å²) in [6, 6.07) is 0. The largest absolute Gasteiger partial charge is 0.304 e. The van der Waals surface area contributed by atoms with Crippen molar-refractivity contribution in [1.29, 1.82) is 0 Å². The molecule has 17 heavy (non-hydrogen) atoms. The van der Waals surface area contributed by atoms with Crippen molar-refractivity contribution < 1.29 is 0 Å². The number of piperidine rings is 1. The molecule has 2 aliphatic rings. The van der Waals surface area contributed by atoms with Crippen LogP contribution < -0.4 is 0 Å². The van der Waals surface area contributed by atoms with Gasteiger partial charge in [-0.15, -0.1) is 0 Å². The van der Waals surface area contributed by atoms with Crippen LogP contribution >= 0.6 is 0 Å². The SMILES string of the molecule is CCN1CCC(C)(CN2CCN(C)CC2)CC1. The number of hydrogen-bond donors (Lipinski definition) is 0. The highest BCUT2D eigenvalue weighted by atomic mass is 15.2. The van der Waals surface area contributed by atoms with Gasteiger partial charge in [-0.2, -0.15) is 0 Å². The van der Waals surface area contributed by atoms with Crippen LogP contribution in [0.1, 0.15) is 26.7 Å². The molecule has 0 bridgehead atoms. The molecule has 0 amide bonds. The van der Waals surface area contributed by atoms with Crippen LogP contribution in [-0.4, -0.2) is 74.1 Å². The van der Waals surface area contributed by atoms with E-state index in [1.165, 1.54) is 65.2 Å². The Morgan fingerprint density at radius 3 is 2.00 bits per heavy atom. The highest BCUT2D eigenvalue weighted by Gasteiger charge is 2.31. The van der Waals surface area contributed by atoms with E-state index in [0.29, 0.717) is 5.41 Å². The van der Waals surface area contributed by atoms with Gasteiger partial charge in [0.1, 0.15) is 0 Å². The third-order valence-electron chi connectivity index (χ3n) is 4.71. The minimum absolute atomic E-state index is 0.571. The van der Waals surface area contributed by atoms with Crippen LogP contribution in [0.15, 0.2) is 0 Å². The molecule has 2 fully saturated rings. The summed E-state index contributed by atoms with van der Waals surface area (Å²) in [5.41, 5.74) is 0.571. The third-order valence-corrected chi connectivity index (χ3v) is 4.71. The molecule has 3 heteroatoms. The molecule has 2 saturated heterocycles. The van der Waals surface area contributed by atoms with Crippen LogP contribution in [0, 0.1) is 5.41 Å². The second-order valence-corrected chi connectivity index (χ2v) is 6.32. The Balaban J connectivity index is 1.78. The molecular weight excluding hydrogens is 210 g/mol. The van der Waals surface area contributed by atoms with E-state index in [9.17, 15) is 0 Å². The van der Waals surface area contributed by atoms with E-state index >= 15 is 0 Å². The fourth-order valence-corrected chi connectivity index (χ4v) is 3.11. The fraction of sp³-hybridized carbons (Fsp3) is 1.00. The van der Waals surface area contributed by atoms with Gasteiger partial charge >= 0.3 is 0 Å². The lowest BCUT2D eigenvalue weighted by Gasteiger charge is -2.43. The Labute approximate surface area is 107 Å². The van der Waals surface area contributed by atoms with Crippen molar-refractivity contribution in [3.05, 3.63) is 0 Å². The molecule has 2 aliphatic heterocycles. The predicted octanol–water partition coefficient (Wildman–Crippen LogP) is 1.36. The van der Waals surface area contributed by atoms with Crippen LogP contribution in [-0.2, 0) is 0 Å². The predicted molar refractivity (Wildman–Crippen MR) is 73.4 cm³/mol. The zero-order valence-electron chi connectivity index (χ0n) is 11.9. The monoisotopic (exact) mass is 239 g/mol. The number of piperazine rings is 1.